The van der Waals surface area contributed by atoms with Gasteiger partial charge in [-0.15, -0.1) is 0 Å². The van der Waals surface area contributed by atoms with Crippen molar-refractivity contribution in [2.24, 2.45) is 0 Å². The van der Waals surface area contributed by atoms with Crippen LogP contribution in [0.1, 0.15) is 10.4 Å². The van der Waals surface area contributed by atoms with Crippen LogP contribution in [0.2, 0.25) is 0 Å². The monoisotopic (exact) mass is 339 g/mol. The van der Waals surface area contributed by atoms with Gasteiger partial charge in [0.15, 0.2) is 5.78 Å². The molecule has 2 aromatic rings. The van der Waals surface area contributed by atoms with E-state index in [0.29, 0.717) is 11.3 Å². The lowest BCUT2D eigenvalue weighted by Crippen LogP contribution is -2.12. The fourth-order valence-electron chi connectivity index (χ4n) is 1.70. The summed E-state index contributed by atoms with van der Waals surface area (Å²) in [6.07, 6.45) is 1.39. The summed E-state index contributed by atoms with van der Waals surface area (Å²) in [5.74, 6) is -0.108. The molecule has 0 N–H and O–H groups in total. The zero-order valence-electron chi connectivity index (χ0n) is 10.4. The van der Waals surface area contributed by atoms with Crippen LogP contribution < -0.4 is 4.74 Å². The molecule has 0 radical (unpaired) electrons. The number of carbonyl (C=O) groups excluding carboxylic acids is 1. The normalized spacial score (nSPS) is 10.3. The number of aromatic nitrogens is 2. The summed E-state index contributed by atoms with van der Waals surface area (Å²) in [7, 11) is 1.47. The number of nitrogens with zero attached hydrogens (tertiary/aromatic N) is 3. The summed E-state index contributed by atoms with van der Waals surface area (Å²) in [6, 6.07) is 6.78. The molecule has 1 aromatic carbocycles. The van der Waals surface area contributed by atoms with Crippen LogP contribution in [0, 0.1) is 10.1 Å². The Morgan fingerprint density at radius 3 is 2.80 bits per heavy atom. The number of ketones is 1. The van der Waals surface area contributed by atoms with Gasteiger partial charge < -0.3 is 14.9 Å². The minimum Gasteiger partial charge on any atom is -0.496 e. The molecule has 0 amide bonds. The molecule has 1 aromatic heterocycles. The Morgan fingerprint density at radius 2 is 2.20 bits per heavy atom. The molecule has 0 saturated carbocycles. The maximum Gasteiger partial charge on any atom is 0.404 e. The molecular weight excluding hydrogens is 330 g/mol. The molecule has 1 heterocycles. The molecule has 2 rings (SSSR count). The zero-order chi connectivity index (χ0) is 14.7. The molecule has 104 valence electrons. The van der Waals surface area contributed by atoms with Gasteiger partial charge in [-0.25, -0.2) is 0 Å². The number of hydrogen-bond acceptors (Lipinski definition) is 5. The maximum absolute atomic E-state index is 12.2. The van der Waals surface area contributed by atoms with Crippen molar-refractivity contribution >= 4 is 27.5 Å². The van der Waals surface area contributed by atoms with Gasteiger partial charge in [0, 0.05) is 0 Å². The average molecular weight is 340 g/mol. The number of carbonyl (C=O) groups is 1. The summed E-state index contributed by atoms with van der Waals surface area (Å²) in [4.78, 5) is 22.2. The van der Waals surface area contributed by atoms with E-state index in [1.807, 2.05) is 0 Å². The van der Waals surface area contributed by atoms with E-state index in [9.17, 15) is 14.9 Å². The van der Waals surface area contributed by atoms with Crippen molar-refractivity contribution < 1.29 is 14.5 Å². The molecule has 0 atom stereocenters. The fraction of sp³-hybridized carbons (Fsp3) is 0.167. The molecule has 0 saturated heterocycles. The van der Waals surface area contributed by atoms with Crippen molar-refractivity contribution in [1.82, 2.24) is 9.78 Å². The maximum atomic E-state index is 12.2. The van der Waals surface area contributed by atoms with E-state index in [4.69, 9.17) is 4.74 Å². The first kappa shape index (κ1) is 14.2. The van der Waals surface area contributed by atoms with Gasteiger partial charge in [0.05, 0.1) is 24.0 Å². The number of Topliss-reactive ketones (excluding diaryl/α,β-unsaturated/α-hetero) is 1. The van der Waals surface area contributed by atoms with Gasteiger partial charge in [-0.3, -0.25) is 4.79 Å². The molecule has 0 aliphatic rings. The highest BCUT2D eigenvalue weighted by atomic mass is 79.9. The van der Waals surface area contributed by atoms with Crippen LogP contribution in [0.3, 0.4) is 0 Å². The van der Waals surface area contributed by atoms with Gasteiger partial charge in [-0.05, 0) is 33.0 Å². The van der Waals surface area contributed by atoms with Gasteiger partial charge in [-0.1, -0.05) is 12.1 Å². The SMILES string of the molecule is COc1ccccc1C(=O)Cn1cc(Br)c([N+](=O)[O-])n1. The number of methoxy groups -OCH3 is 1. The molecule has 0 aliphatic heterocycles. The largest absolute Gasteiger partial charge is 0.496 e. The van der Waals surface area contributed by atoms with E-state index in [2.05, 4.69) is 21.0 Å². The fourth-order valence-corrected chi connectivity index (χ4v) is 2.16. The first-order valence-corrected chi connectivity index (χ1v) is 6.35. The summed E-state index contributed by atoms with van der Waals surface area (Å²) in [6.45, 7) is -0.104. The number of hydrogen-bond donors (Lipinski definition) is 0. The summed E-state index contributed by atoms with van der Waals surface area (Å²) < 4.78 is 6.55. The Morgan fingerprint density at radius 1 is 1.50 bits per heavy atom. The third-order valence-corrected chi connectivity index (χ3v) is 3.14. The van der Waals surface area contributed by atoms with E-state index in [1.165, 1.54) is 18.0 Å². The van der Waals surface area contributed by atoms with Crippen LogP contribution >= 0.6 is 15.9 Å². The van der Waals surface area contributed by atoms with Crippen molar-refractivity contribution in [2.75, 3.05) is 7.11 Å². The highest BCUT2D eigenvalue weighted by Crippen LogP contribution is 2.23. The van der Waals surface area contributed by atoms with Crippen LogP contribution in [0.15, 0.2) is 34.9 Å². The average Bonchev–Trinajstić information content (AvgIpc) is 2.79. The first-order valence-electron chi connectivity index (χ1n) is 5.56. The minimum absolute atomic E-state index is 0.104. The van der Waals surface area contributed by atoms with E-state index >= 15 is 0 Å². The molecule has 20 heavy (non-hydrogen) atoms. The Kier molecular flexibility index (Phi) is 4.14. The number of nitro groups is 1. The van der Waals surface area contributed by atoms with Crippen molar-refractivity contribution in [2.45, 2.75) is 6.54 Å². The summed E-state index contributed by atoms with van der Waals surface area (Å²) >= 11 is 3.03. The summed E-state index contributed by atoms with van der Waals surface area (Å²) in [5, 5.41) is 14.4. The molecular formula is C12H10BrN3O4. The van der Waals surface area contributed by atoms with Gasteiger partial charge >= 0.3 is 5.82 Å². The lowest BCUT2D eigenvalue weighted by atomic mass is 10.1. The Hall–Kier alpha value is -2.22. The lowest BCUT2D eigenvalue weighted by molar-refractivity contribution is -0.390. The van der Waals surface area contributed by atoms with Crippen LogP contribution in [-0.2, 0) is 6.54 Å². The Balaban J connectivity index is 2.24. The van der Waals surface area contributed by atoms with Gasteiger partial charge in [-0.2, -0.15) is 4.68 Å². The number of halogens is 1. The highest BCUT2D eigenvalue weighted by molar-refractivity contribution is 9.10. The predicted octanol–water partition coefficient (Wildman–Crippen LogP) is 2.45. The van der Waals surface area contributed by atoms with Crippen LogP contribution in [0.25, 0.3) is 0 Å². The second-order valence-electron chi connectivity index (χ2n) is 3.88. The Labute approximate surface area is 122 Å². The smallest absolute Gasteiger partial charge is 0.404 e. The molecule has 0 unspecified atom stereocenters. The van der Waals surface area contributed by atoms with Gasteiger partial charge in [0.2, 0.25) is 0 Å². The van der Waals surface area contributed by atoms with E-state index in [-0.39, 0.29) is 22.6 Å². The number of rotatable bonds is 5. The topological polar surface area (TPSA) is 87.3 Å². The molecule has 8 heteroatoms. The predicted molar refractivity (Wildman–Crippen MR) is 73.9 cm³/mol. The summed E-state index contributed by atoms with van der Waals surface area (Å²) in [5.41, 5.74) is 0.407. The number of para-hydroxylation sites is 1. The minimum atomic E-state index is -0.617. The number of ether oxygens (including phenoxy) is 1. The third-order valence-electron chi connectivity index (χ3n) is 2.59. The van der Waals surface area contributed by atoms with Crippen molar-refractivity contribution in [1.29, 1.82) is 0 Å². The lowest BCUT2D eigenvalue weighted by Gasteiger charge is -2.05. The third kappa shape index (κ3) is 2.85. The molecule has 0 bridgehead atoms. The quantitative estimate of drug-likeness (QED) is 0.474. The zero-order valence-corrected chi connectivity index (χ0v) is 12.0. The highest BCUT2D eigenvalue weighted by Gasteiger charge is 2.21. The number of benzene rings is 1. The second kappa shape index (κ2) is 5.83. The van der Waals surface area contributed by atoms with E-state index in [1.54, 1.807) is 24.3 Å². The molecule has 7 nitrogen and oxygen atoms in total. The van der Waals surface area contributed by atoms with Crippen LogP contribution in [0.5, 0.6) is 5.75 Å². The Bertz CT molecular complexity index is 668. The standard InChI is InChI=1S/C12H10BrN3O4/c1-20-11-5-3-2-4-8(11)10(17)7-15-6-9(13)12(14-15)16(18)19/h2-6H,7H2,1H3. The van der Waals surface area contributed by atoms with Gasteiger partial charge in [0.1, 0.15) is 16.8 Å². The van der Waals surface area contributed by atoms with Crippen LogP contribution in [-0.4, -0.2) is 27.6 Å². The van der Waals surface area contributed by atoms with Crippen molar-refractivity contribution in [3.05, 3.63) is 50.6 Å². The van der Waals surface area contributed by atoms with Gasteiger partial charge in [0.25, 0.3) is 0 Å². The second-order valence-corrected chi connectivity index (χ2v) is 4.73. The molecule has 0 aliphatic carbocycles. The van der Waals surface area contributed by atoms with E-state index in [0.717, 1.165) is 0 Å². The first-order chi connectivity index (χ1) is 9.52. The van der Waals surface area contributed by atoms with Crippen molar-refractivity contribution in [3.8, 4) is 5.75 Å². The van der Waals surface area contributed by atoms with Crippen molar-refractivity contribution in [3.63, 3.8) is 0 Å². The molecule has 0 fully saturated rings. The molecule has 0 spiro atoms. The van der Waals surface area contributed by atoms with Crippen LogP contribution in [0.4, 0.5) is 5.82 Å². The van der Waals surface area contributed by atoms with E-state index < -0.39 is 4.92 Å².